The maximum absolute atomic E-state index is 6.84. The zero-order chi connectivity index (χ0) is 15.9. The quantitative estimate of drug-likeness (QED) is 0.801. The Kier molecular flexibility index (Phi) is 3.88. The lowest BCUT2D eigenvalue weighted by Crippen LogP contribution is -2.51. The topological polar surface area (TPSA) is 12.5 Å². The molecule has 2 bridgehead atoms. The molecule has 0 radical (unpaired) electrons. The van der Waals surface area contributed by atoms with Crippen molar-refractivity contribution in [3.63, 3.8) is 0 Å². The number of rotatable bonds is 2. The van der Waals surface area contributed by atoms with Crippen LogP contribution in [0, 0.1) is 5.92 Å². The van der Waals surface area contributed by atoms with Crippen LogP contribution in [0.1, 0.15) is 35.6 Å². The zero-order valence-corrected chi connectivity index (χ0v) is 14.7. The molecule has 0 N–H and O–H groups in total. The third-order valence-corrected chi connectivity index (χ3v) is 6.97. The van der Waals surface area contributed by atoms with E-state index in [1.54, 1.807) is 0 Å². The van der Waals surface area contributed by atoms with Gasteiger partial charge in [-0.2, -0.15) is 0 Å². The van der Waals surface area contributed by atoms with Crippen molar-refractivity contribution >= 4 is 11.8 Å². The van der Waals surface area contributed by atoms with Crippen molar-refractivity contribution in [3.8, 4) is 0 Å². The van der Waals surface area contributed by atoms with Gasteiger partial charge in [0.25, 0.3) is 0 Å². The number of hydrogen-bond donors (Lipinski definition) is 0. The first-order valence-electron chi connectivity index (χ1n) is 9.06. The van der Waals surface area contributed by atoms with E-state index >= 15 is 0 Å². The molecule has 0 amide bonds. The summed E-state index contributed by atoms with van der Waals surface area (Å²) in [4.78, 5) is 3.95. The van der Waals surface area contributed by atoms with Crippen LogP contribution in [0.2, 0.25) is 0 Å². The van der Waals surface area contributed by atoms with E-state index in [0.29, 0.717) is 6.10 Å². The number of fused-ring (bicyclic) bond motifs is 5. The van der Waals surface area contributed by atoms with Crippen LogP contribution in [0.5, 0.6) is 0 Å². The molecule has 4 aliphatic rings. The van der Waals surface area contributed by atoms with Gasteiger partial charge in [-0.25, -0.2) is 0 Å². The molecule has 2 nitrogen and oxygen atoms in total. The number of piperidine rings is 3. The molecular formula is C21H23NOS. The van der Waals surface area contributed by atoms with E-state index in [0.717, 1.165) is 18.2 Å². The van der Waals surface area contributed by atoms with E-state index in [9.17, 15) is 0 Å². The first-order chi connectivity index (χ1) is 11.9. The van der Waals surface area contributed by atoms with E-state index in [2.05, 4.69) is 53.4 Å². The number of thioether (sulfide) groups is 1. The van der Waals surface area contributed by atoms with Gasteiger partial charge < -0.3 is 9.64 Å². The lowest BCUT2D eigenvalue weighted by atomic mass is 9.85. The molecule has 0 spiro atoms. The lowest BCUT2D eigenvalue weighted by Gasteiger charge is -2.45. The summed E-state index contributed by atoms with van der Waals surface area (Å²) in [6, 6.07) is 17.7. The Morgan fingerprint density at radius 3 is 2.46 bits per heavy atom. The summed E-state index contributed by atoms with van der Waals surface area (Å²) < 4.78 is 6.84. The largest absolute Gasteiger partial charge is 0.364 e. The first-order valence-corrected chi connectivity index (χ1v) is 10.0. The molecule has 3 heteroatoms. The van der Waals surface area contributed by atoms with Crippen LogP contribution >= 0.6 is 11.8 Å². The second-order valence-electron chi connectivity index (χ2n) is 7.22. The van der Waals surface area contributed by atoms with Crippen LogP contribution in [0.3, 0.4) is 0 Å². The normalized spacial score (nSPS) is 31.2. The van der Waals surface area contributed by atoms with Gasteiger partial charge in [0.15, 0.2) is 0 Å². The van der Waals surface area contributed by atoms with Gasteiger partial charge in [0.05, 0.1) is 6.10 Å². The highest BCUT2D eigenvalue weighted by Crippen LogP contribution is 2.43. The number of ether oxygens (including phenoxy) is 1. The molecule has 124 valence electrons. The molecule has 2 aromatic rings. The van der Waals surface area contributed by atoms with Crippen molar-refractivity contribution in [1.82, 2.24) is 4.90 Å². The SMILES string of the molecule is c1ccc2c(c1)CSc1ccccc1C2OC1CN2CCC1CC2. The molecule has 4 aliphatic heterocycles. The highest BCUT2D eigenvalue weighted by atomic mass is 32.2. The van der Waals surface area contributed by atoms with Gasteiger partial charge in [0.2, 0.25) is 0 Å². The summed E-state index contributed by atoms with van der Waals surface area (Å²) in [7, 11) is 0. The Morgan fingerprint density at radius 2 is 1.67 bits per heavy atom. The van der Waals surface area contributed by atoms with Gasteiger partial charge in [0.1, 0.15) is 6.10 Å². The van der Waals surface area contributed by atoms with Crippen LogP contribution in [0.4, 0.5) is 0 Å². The highest BCUT2D eigenvalue weighted by molar-refractivity contribution is 7.98. The molecule has 0 aromatic heterocycles. The molecule has 6 rings (SSSR count). The molecule has 3 saturated heterocycles. The minimum Gasteiger partial charge on any atom is -0.364 e. The Hall–Kier alpha value is -1.29. The van der Waals surface area contributed by atoms with Crippen molar-refractivity contribution in [3.05, 3.63) is 65.2 Å². The molecule has 24 heavy (non-hydrogen) atoms. The molecule has 4 heterocycles. The van der Waals surface area contributed by atoms with E-state index in [4.69, 9.17) is 4.74 Å². The fraction of sp³-hybridized carbons (Fsp3) is 0.429. The Morgan fingerprint density at radius 1 is 0.917 bits per heavy atom. The average Bonchev–Trinajstić information content (AvgIpc) is 2.81. The Balaban J connectivity index is 1.54. The standard InChI is InChI=1S/C21H23NOS/c1-2-6-17-16(5-1)14-24-20-8-4-3-7-18(20)21(17)23-19-13-22-11-9-15(19)10-12-22/h1-8,15,19,21H,9-14H2. The maximum atomic E-state index is 6.84. The summed E-state index contributed by atoms with van der Waals surface area (Å²) in [6.07, 6.45) is 3.06. The van der Waals surface area contributed by atoms with Gasteiger partial charge in [-0.1, -0.05) is 42.5 Å². The minimum atomic E-state index is 0.0814. The molecule has 3 fully saturated rings. The summed E-state index contributed by atoms with van der Waals surface area (Å²) >= 11 is 1.94. The van der Waals surface area contributed by atoms with Crippen LogP contribution in [0.25, 0.3) is 0 Å². The van der Waals surface area contributed by atoms with Crippen molar-refractivity contribution in [1.29, 1.82) is 0 Å². The van der Waals surface area contributed by atoms with Crippen LogP contribution < -0.4 is 0 Å². The molecule has 0 saturated carbocycles. The van der Waals surface area contributed by atoms with E-state index in [1.807, 2.05) is 11.8 Å². The fourth-order valence-electron chi connectivity index (χ4n) is 4.46. The minimum absolute atomic E-state index is 0.0814. The third kappa shape index (κ3) is 2.59. The molecule has 2 aromatic carbocycles. The predicted molar refractivity (Wildman–Crippen MR) is 98.3 cm³/mol. The van der Waals surface area contributed by atoms with E-state index in [1.165, 1.54) is 47.5 Å². The number of benzene rings is 2. The van der Waals surface area contributed by atoms with Crippen molar-refractivity contribution in [2.24, 2.45) is 5.92 Å². The van der Waals surface area contributed by atoms with Gasteiger partial charge in [0, 0.05) is 17.2 Å². The van der Waals surface area contributed by atoms with Gasteiger partial charge in [-0.15, -0.1) is 11.8 Å². The highest BCUT2D eigenvalue weighted by Gasteiger charge is 2.37. The zero-order valence-electron chi connectivity index (χ0n) is 13.9. The molecular weight excluding hydrogens is 314 g/mol. The second-order valence-corrected chi connectivity index (χ2v) is 8.24. The number of nitrogens with zero attached hydrogens (tertiary/aromatic N) is 1. The van der Waals surface area contributed by atoms with Gasteiger partial charge >= 0.3 is 0 Å². The third-order valence-electron chi connectivity index (χ3n) is 5.83. The average molecular weight is 337 g/mol. The maximum Gasteiger partial charge on any atom is 0.109 e. The Labute approximate surface area is 148 Å². The number of hydrogen-bond acceptors (Lipinski definition) is 3. The summed E-state index contributed by atoms with van der Waals surface area (Å²) in [5.74, 6) is 1.78. The van der Waals surface area contributed by atoms with Crippen LogP contribution in [-0.4, -0.2) is 30.6 Å². The molecule has 2 atom stereocenters. The van der Waals surface area contributed by atoms with E-state index < -0.39 is 0 Å². The van der Waals surface area contributed by atoms with E-state index in [-0.39, 0.29) is 6.10 Å². The second kappa shape index (κ2) is 6.21. The summed E-state index contributed by atoms with van der Waals surface area (Å²) in [5, 5.41) is 0. The Bertz CT molecular complexity index is 691. The molecule has 2 unspecified atom stereocenters. The van der Waals surface area contributed by atoms with Crippen LogP contribution in [-0.2, 0) is 10.5 Å². The summed E-state index contributed by atoms with van der Waals surface area (Å²) in [5.41, 5.74) is 4.14. The first kappa shape index (κ1) is 15.0. The van der Waals surface area contributed by atoms with Crippen molar-refractivity contribution < 1.29 is 4.74 Å². The van der Waals surface area contributed by atoms with Gasteiger partial charge in [-0.05, 0) is 54.6 Å². The molecule has 0 aliphatic carbocycles. The van der Waals surface area contributed by atoms with Crippen LogP contribution in [0.15, 0.2) is 53.4 Å². The van der Waals surface area contributed by atoms with Crippen molar-refractivity contribution in [2.45, 2.75) is 35.7 Å². The summed E-state index contributed by atoms with van der Waals surface area (Å²) in [6.45, 7) is 3.63. The monoisotopic (exact) mass is 337 g/mol. The fourth-order valence-corrected chi connectivity index (χ4v) is 5.55. The van der Waals surface area contributed by atoms with Gasteiger partial charge in [-0.3, -0.25) is 0 Å². The van der Waals surface area contributed by atoms with Crippen molar-refractivity contribution in [2.75, 3.05) is 19.6 Å². The smallest absolute Gasteiger partial charge is 0.109 e. The lowest BCUT2D eigenvalue weighted by molar-refractivity contribution is -0.0933. The predicted octanol–water partition coefficient (Wildman–Crippen LogP) is 4.49.